The van der Waals surface area contributed by atoms with Crippen molar-refractivity contribution < 1.29 is 8.83 Å². The topological polar surface area (TPSA) is 64.1 Å². The molecule has 1 N–H and O–H groups in total. The van der Waals surface area contributed by atoms with Gasteiger partial charge in [0.2, 0.25) is 0 Å². The number of anilines is 1. The van der Waals surface area contributed by atoms with Crippen molar-refractivity contribution in [3.63, 3.8) is 0 Å². The van der Waals surface area contributed by atoms with E-state index in [0.29, 0.717) is 11.9 Å². The predicted octanol–water partition coefficient (Wildman–Crippen LogP) is 3.14. The number of hydrogen-bond donors (Lipinski definition) is 1. The number of hydrogen-bond acceptors (Lipinski definition) is 5. The Balaban J connectivity index is 2.15. The molecule has 5 nitrogen and oxygen atoms in total. The Morgan fingerprint density at radius 2 is 1.94 bits per heavy atom. The predicted molar refractivity (Wildman–Crippen MR) is 68.5 cm³/mol. The minimum absolute atomic E-state index is 0.513. The van der Waals surface area contributed by atoms with Crippen LogP contribution in [0.2, 0.25) is 0 Å². The first-order chi connectivity index (χ1) is 8.67. The quantitative estimate of drug-likeness (QED) is 0.749. The van der Waals surface area contributed by atoms with E-state index in [4.69, 9.17) is 8.83 Å². The lowest BCUT2D eigenvalue weighted by Crippen LogP contribution is -1.87. The average Bonchev–Trinajstić information content (AvgIpc) is 2.89. The summed E-state index contributed by atoms with van der Waals surface area (Å²) in [6.07, 6.45) is 0. The van der Waals surface area contributed by atoms with Crippen molar-refractivity contribution in [2.75, 3.05) is 12.4 Å². The third-order valence-corrected chi connectivity index (χ3v) is 2.78. The minimum atomic E-state index is 0.513. The van der Waals surface area contributed by atoms with Crippen LogP contribution in [0.3, 0.4) is 0 Å². The van der Waals surface area contributed by atoms with E-state index in [1.165, 1.54) is 0 Å². The fraction of sp³-hybridized carbons (Fsp3) is 0.231. The van der Waals surface area contributed by atoms with Crippen molar-refractivity contribution in [3.8, 4) is 11.3 Å². The van der Waals surface area contributed by atoms with E-state index in [1.807, 2.05) is 32.0 Å². The molecule has 0 aliphatic rings. The van der Waals surface area contributed by atoms with Crippen LogP contribution >= 0.6 is 0 Å². The third kappa shape index (κ3) is 1.64. The van der Waals surface area contributed by atoms with E-state index in [-0.39, 0.29) is 0 Å². The first-order valence-corrected chi connectivity index (χ1v) is 5.70. The van der Waals surface area contributed by atoms with Crippen molar-refractivity contribution in [1.29, 1.82) is 0 Å². The molecule has 0 saturated carbocycles. The fourth-order valence-corrected chi connectivity index (χ4v) is 1.96. The van der Waals surface area contributed by atoms with Crippen LogP contribution in [0.25, 0.3) is 22.4 Å². The standard InChI is InChI=1S/C13H13N3O2/c1-7-12(16-13(14-3)17-7)9-4-5-11-10(6-9)15-8(2)18-11/h4-6H,1-3H3,(H,14,16). The molecule has 3 rings (SSSR count). The molecule has 5 heteroatoms. The number of oxazole rings is 2. The van der Waals surface area contributed by atoms with Gasteiger partial charge < -0.3 is 14.2 Å². The summed E-state index contributed by atoms with van der Waals surface area (Å²) in [6.45, 7) is 3.72. The second-order valence-electron chi connectivity index (χ2n) is 4.09. The van der Waals surface area contributed by atoms with Gasteiger partial charge in [-0.2, -0.15) is 4.98 Å². The zero-order valence-electron chi connectivity index (χ0n) is 10.4. The molecule has 3 aromatic rings. The summed E-state index contributed by atoms with van der Waals surface area (Å²) < 4.78 is 10.9. The summed E-state index contributed by atoms with van der Waals surface area (Å²) >= 11 is 0. The van der Waals surface area contributed by atoms with Gasteiger partial charge in [-0.1, -0.05) is 0 Å². The first kappa shape index (κ1) is 10.8. The van der Waals surface area contributed by atoms with Gasteiger partial charge in [0.1, 0.15) is 17.0 Å². The van der Waals surface area contributed by atoms with Crippen LogP contribution in [0.5, 0.6) is 0 Å². The average molecular weight is 243 g/mol. The Morgan fingerprint density at radius 3 is 2.67 bits per heavy atom. The molecule has 0 fully saturated rings. The Hall–Kier alpha value is -2.30. The van der Waals surface area contributed by atoms with Crippen molar-refractivity contribution in [3.05, 3.63) is 29.9 Å². The molecule has 0 radical (unpaired) electrons. The van der Waals surface area contributed by atoms with Gasteiger partial charge in [0, 0.05) is 19.5 Å². The summed E-state index contributed by atoms with van der Waals surface area (Å²) in [5.74, 6) is 1.44. The van der Waals surface area contributed by atoms with Gasteiger partial charge in [0.15, 0.2) is 11.5 Å². The van der Waals surface area contributed by atoms with Gasteiger partial charge in [0.05, 0.1) is 0 Å². The minimum Gasteiger partial charge on any atom is -0.441 e. The lowest BCUT2D eigenvalue weighted by molar-refractivity contribution is 0.544. The molecule has 0 atom stereocenters. The fourth-order valence-electron chi connectivity index (χ4n) is 1.96. The number of rotatable bonds is 2. The van der Waals surface area contributed by atoms with Gasteiger partial charge in [-0.3, -0.25) is 0 Å². The van der Waals surface area contributed by atoms with E-state index in [0.717, 1.165) is 28.1 Å². The summed E-state index contributed by atoms with van der Waals surface area (Å²) in [6, 6.07) is 6.32. The van der Waals surface area contributed by atoms with E-state index in [1.54, 1.807) is 7.05 Å². The van der Waals surface area contributed by atoms with Crippen LogP contribution in [-0.4, -0.2) is 17.0 Å². The second-order valence-corrected chi connectivity index (χ2v) is 4.09. The molecule has 0 spiro atoms. The number of benzene rings is 1. The molecule has 2 aromatic heterocycles. The highest BCUT2D eigenvalue weighted by Crippen LogP contribution is 2.28. The van der Waals surface area contributed by atoms with Crippen molar-refractivity contribution in [2.45, 2.75) is 13.8 Å². The highest BCUT2D eigenvalue weighted by molar-refractivity contribution is 5.80. The Labute approximate surface area is 104 Å². The van der Waals surface area contributed by atoms with Crippen LogP contribution < -0.4 is 5.32 Å². The summed E-state index contributed by atoms with van der Waals surface area (Å²) in [5.41, 5.74) is 3.41. The highest BCUT2D eigenvalue weighted by Gasteiger charge is 2.12. The van der Waals surface area contributed by atoms with Gasteiger partial charge in [-0.05, 0) is 25.1 Å². The summed E-state index contributed by atoms with van der Waals surface area (Å²) in [4.78, 5) is 8.69. The van der Waals surface area contributed by atoms with Crippen molar-refractivity contribution in [1.82, 2.24) is 9.97 Å². The van der Waals surface area contributed by atoms with Gasteiger partial charge in [0.25, 0.3) is 6.01 Å². The molecule has 2 heterocycles. The number of nitrogens with zero attached hydrogens (tertiary/aromatic N) is 2. The lowest BCUT2D eigenvalue weighted by atomic mass is 10.1. The van der Waals surface area contributed by atoms with Crippen LogP contribution in [0.1, 0.15) is 11.7 Å². The molecular formula is C13H13N3O2. The van der Waals surface area contributed by atoms with Crippen LogP contribution in [0.4, 0.5) is 6.01 Å². The maximum Gasteiger partial charge on any atom is 0.295 e. The maximum absolute atomic E-state index is 5.47. The normalized spacial score (nSPS) is 11.1. The number of aryl methyl sites for hydroxylation is 2. The van der Waals surface area contributed by atoms with E-state index >= 15 is 0 Å². The molecule has 0 unspecified atom stereocenters. The maximum atomic E-state index is 5.47. The zero-order valence-corrected chi connectivity index (χ0v) is 10.4. The van der Waals surface area contributed by atoms with E-state index in [9.17, 15) is 0 Å². The highest BCUT2D eigenvalue weighted by atomic mass is 16.4. The third-order valence-electron chi connectivity index (χ3n) is 2.78. The number of fused-ring (bicyclic) bond motifs is 1. The van der Waals surface area contributed by atoms with Crippen molar-refractivity contribution in [2.24, 2.45) is 0 Å². The molecule has 18 heavy (non-hydrogen) atoms. The summed E-state index contributed by atoms with van der Waals surface area (Å²) in [7, 11) is 1.78. The van der Waals surface area contributed by atoms with Gasteiger partial charge in [-0.25, -0.2) is 4.98 Å². The van der Waals surface area contributed by atoms with Gasteiger partial charge >= 0.3 is 0 Å². The molecule has 0 amide bonds. The Kier molecular flexibility index (Phi) is 2.33. The Morgan fingerprint density at radius 1 is 1.11 bits per heavy atom. The van der Waals surface area contributed by atoms with Crippen LogP contribution in [-0.2, 0) is 0 Å². The smallest absolute Gasteiger partial charge is 0.295 e. The van der Waals surface area contributed by atoms with Crippen LogP contribution in [0, 0.1) is 13.8 Å². The molecular weight excluding hydrogens is 230 g/mol. The molecule has 0 aliphatic carbocycles. The van der Waals surface area contributed by atoms with Crippen molar-refractivity contribution >= 4 is 17.1 Å². The molecule has 1 aromatic carbocycles. The first-order valence-electron chi connectivity index (χ1n) is 5.70. The summed E-state index contributed by atoms with van der Waals surface area (Å²) in [5, 5.41) is 2.89. The van der Waals surface area contributed by atoms with Crippen LogP contribution in [0.15, 0.2) is 27.0 Å². The molecule has 0 bridgehead atoms. The Bertz CT molecular complexity index is 712. The van der Waals surface area contributed by atoms with E-state index < -0.39 is 0 Å². The van der Waals surface area contributed by atoms with E-state index in [2.05, 4.69) is 15.3 Å². The number of aromatic nitrogens is 2. The number of nitrogens with one attached hydrogen (secondary N) is 1. The SMILES string of the molecule is CNc1nc(-c2ccc3oc(C)nc3c2)c(C)o1. The zero-order chi connectivity index (χ0) is 12.7. The second kappa shape index (κ2) is 3.87. The largest absolute Gasteiger partial charge is 0.441 e. The molecule has 92 valence electrons. The monoisotopic (exact) mass is 243 g/mol. The molecule has 0 saturated heterocycles. The lowest BCUT2D eigenvalue weighted by Gasteiger charge is -1.96. The van der Waals surface area contributed by atoms with Gasteiger partial charge in [-0.15, -0.1) is 0 Å². The molecule has 0 aliphatic heterocycles.